The van der Waals surface area contributed by atoms with E-state index in [0.717, 1.165) is 19.4 Å². The molecule has 0 spiro atoms. The first-order valence-corrected chi connectivity index (χ1v) is 13.1. The number of hydrogen-bond acceptors (Lipinski definition) is 5. The average Bonchev–Trinajstić information content (AvgIpc) is 3.24. The number of likely N-dealkylation sites (N-methyl/N-ethyl adjacent to an activating group) is 2. The molecular formula is C23H45N3O3S. The van der Waals surface area contributed by atoms with Gasteiger partial charge >= 0.3 is 0 Å². The van der Waals surface area contributed by atoms with E-state index in [-0.39, 0.29) is 17.9 Å². The maximum atomic E-state index is 12.8. The van der Waals surface area contributed by atoms with Crippen molar-refractivity contribution in [1.82, 2.24) is 15.1 Å². The van der Waals surface area contributed by atoms with Crippen LogP contribution < -0.4 is 5.32 Å². The van der Waals surface area contributed by atoms with Crippen LogP contribution in [-0.4, -0.2) is 79.7 Å². The van der Waals surface area contributed by atoms with E-state index in [1.807, 2.05) is 7.05 Å². The van der Waals surface area contributed by atoms with Gasteiger partial charge in [-0.15, -0.1) is 11.8 Å². The molecule has 1 saturated heterocycles. The standard InChI is InChI=1S/C23H45N3O3S/c1-4-5-6-7-8-9-10-11-12-13-14-22(27)26-20-30-19-21(26)23(28)25(3)16-18-29-17-15-24-2/h21,24H,4-20H2,1-3H3. The summed E-state index contributed by atoms with van der Waals surface area (Å²) in [6.45, 7) is 4.78. The molecule has 1 fully saturated rings. The van der Waals surface area contributed by atoms with Gasteiger partial charge in [0.2, 0.25) is 11.8 Å². The van der Waals surface area contributed by atoms with Crippen LogP contribution >= 0.6 is 11.8 Å². The Hall–Kier alpha value is -0.790. The third-order valence-corrected chi connectivity index (χ3v) is 6.69. The zero-order valence-corrected chi connectivity index (χ0v) is 20.4. The molecule has 0 aromatic carbocycles. The van der Waals surface area contributed by atoms with Crippen molar-refractivity contribution < 1.29 is 14.3 Å². The Kier molecular flexibility index (Phi) is 16.2. The van der Waals surface area contributed by atoms with Crippen molar-refractivity contribution in [1.29, 1.82) is 0 Å². The number of amides is 2. The van der Waals surface area contributed by atoms with Gasteiger partial charge in [0.1, 0.15) is 6.04 Å². The summed E-state index contributed by atoms with van der Waals surface area (Å²) >= 11 is 1.68. The fraction of sp³-hybridized carbons (Fsp3) is 0.913. The number of unbranched alkanes of at least 4 members (excludes halogenated alkanes) is 9. The summed E-state index contributed by atoms with van der Waals surface area (Å²) in [5.41, 5.74) is 0. The summed E-state index contributed by atoms with van der Waals surface area (Å²) < 4.78 is 5.51. The van der Waals surface area contributed by atoms with Crippen LogP contribution in [0.3, 0.4) is 0 Å². The summed E-state index contributed by atoms with van der Waals surface area (Å²) in [6.07, 6.45) is 13.2. The van der Waals surface area contributed by atoms with Crippen molar-refractivity contribution in [2.45, 2.75) is 83.6 Å². The lowest BCUT2D eigenvalue weighted by Gasteiger charge is -2.27. The van der Waals surface area contributed by atoms with Crippen molar-refractivity contribution in [3.05, 3.63) is 0 Å². The Morgan fingerprint density at radius 1 is 1.03 bits per heavy atom. The van der Waals surface area contributed by atoms with Gasteiger partial charge in [-0.1, -0.05) is 64.7 Å². The fourth-order valence-corrected chi connectivity index (χ4v) is 4.81. The lowest BCUT2D eigenvalue weighted by molar-refractivity contribution is -0.143. The van der Waals surface area contributed by atoms with Crippen LogP contribution in [0.4, 0.5) is 0 Å². The fourth-order valence-electron chi connectivity index (χ4n) is 3.64. The molecule has 6 nitrogen and oxygen atoms in total. The second-order valence-electron chi connectivity index (χ2n) is 8.29. The molecule has 1 N–H and O–H groups in total. The predicted molar refractivity (Wildman–Crippen MR) is 127 cm³/mol. The van der Waals surface area contributed by atoms with Gasteiger partial charge < -0.3 is 19.9 Å². The summed E-state index contributed by atoms with van der Waals surface area (Å²) in [4.78, 5) is 28.9. The third-order valence-electron chi connectivity index (χ3n) is 5.68. The van der Waals surface area contributed by atoms with Gasteiger partial charge in [-0.05, 0) is 13.5 Å². The number of carbonyl (C=O) groups excluding carboxylic acids is 2. The van der Waals surface area contributed by atoms with Gasteiger partial charge in [0, 0.05) is 32.3 Å². The average molecular weight is 444 g/mol. The molecule has 1 atom stereocenters. The van der Waals surface area contributed by atoms with Crippen molar-refractivity contribution in [2.75, 3.05) is 52.0 Å². The zero-order valence-electron chi connectivity index (χ0n) is 19.6. The van der Waals surface area contributed by atoms with E-state index < -0.39 is 0 Å². The van der Waals surface area contributed by atoms with Crippen LogP contribution in [0.5, 0.6) is 0 Å². The molecule has 0 aromatic heterocycles. The smallest absolute Gasteiger partial charge is 0.246 e. The van der Waals surface area contributed by atoms with E-state index in [9.17, 15) is 9.59 Å². The number of ether oxygens (including phenoxy) is 1. The molecule has 1 heterocycles. The quantitative estimate of drug-likeness (QED) is 0.326. The van der Waals surface area contributed by atoms with E-state index in [0.29, 0.717) is 37.8 Å². The third kappa shape index (κ3) is 11.6. The van der Waals surface area contributed by atoms with Crippen molar-refractivity contribution >= 4 is 23.6 Å². The molecule has 2 amide bonds. The van der Waals surface area contributed by atoms with Crippen molar-refractivity contribution in [3.8, 4) is 0 Å². The summed E-state index contributed by atoms with van der Waals surface area (Å²) in [5, 5.41) is 3.03. The maximum Gasteiger partial charge on any atom is 0.246 e. The van der Waals surface area contributed by atoms with Crippen LogP contribution in [-0.2, 0) is 14.3 Å². The lowest BCUT2D eigenvalue weighted by Crippen LogP contribution is -2.48. The SMILES string of the molecule is CCCCCCCCCCCCC(=O)N1CSCC1C(=O)N(C)CCOCCNC. The Morgan fingerprint density at radius 3 is 2.30 bits per heavy atom. The van der Waals surface area contributed by atoms with E-state index >= 15 is 0 Å². The van der Waals surface area contributed by atoms with Gasteiger partial charge in [0.05, 0.1) is 19.1 Å². The van der Waals surface area contributed by atoms with Crippen LogP contribution in [0.2, 0.25) is 0 Å². The Morgan fingerprint density at radius 2 is 1.67 bits per heavy atom. The highest BCUT2D eigenvalue weighted by Gasteiger charge is 2.35. The summed E-state index contributed by atoms with van der Waals surface area (Å²) in [5.74, 6) is 1.51. The second kappa shape index (κ2) is 17.8. The first-order valence-electron chi connectivity index (χ1n) is 12.0. The van der Waals surface area contributed by atoms with Crippen LogP contribution in [0, 0.1) is 0 Å². The van der Waals surface area contributed by atoms with Gasteiger partial charge in [-0.25, -0.2) is 0 Å². The van der Waals surface area contributed by atoms with E-state index in [2.05, 4.69) is 12.2 Å². The molecule has 0 bridgehead atoms. The molecule has 1 aliphatic rings. The molecule has 0 radical (unpaired) electrons. The van der Waals surface area contributed by atoms with Crippen molar-refractivity contribution in [2.24, 2.45) is 0 Å². The molecule has 30 heavy (non-hydrogen) atoms. The van der Waals surface area contributed by atoms with Crippen LogP contribution in [0.15, 0.2) is 0 Å². The number of hydrogen-bond donors (Lipinski definition) is 1. The minimum atomic E-state index is -0.312. The molecule has 7 heteroatoms. The molecule has 0 aliphatic carbocycles. The van der Waals surface area contributed by atoms with Gasteiger partial charge in [-0.3, -0.25) is 9.59 Å². The predicted octanol–water partition coefficient (Wildman–Crippen LogP) is 3.89. The maximum absolute atomic E-state index is 12.8. The number of thioether (sulfide) groups is 1. The van der Waals surface area contributed by atoms with Gasteiger partial charge in [0.15, 0.2) is 0 Å². The highest BCUT2D eigenvalue weighted by molar-refractivity contribution is 7.99. The van der Waals surface area contributed by atoms with Crippen LogP contribution in [0.25, 0.3) is 0 Å². The molecular weight excluding hydrogens is 398 g/mol. The number of nitrogens with one attached hydrogen (secondary N) is 1. The highest BCUT2D eigenvalue weighted by atomic mass is 32.2. The molecule has 0 saturated carbocycles. The largest absolute Gasteiger partial charge is 0.378 e. The Bertz CT molecular complexity index is 465. The minimum Gasteiger partial charge on any atom is -0.378 e. The van der Waals surface area contributed by atoms with E-state index in [4.69, 9.17) is 4.74 Å². The number of carbonyl (C=O) groups is 2. The molecule has 0 aromatic rings. The zero-order chi connectivity index (χ0) is 22.0. The first-order chi connectivity index (χ1) is 14.6. The number of nitrogens with zero attached hydrogens (tertiary/aromatic N) is 2. The Labute approximate surface area is 188 Å². The van der Waals surface area contributed by atoms with Gasteiger partial charge in [-0.2, -0.15) is 0 Å². The molecule has 1 unspecified atom stereocenters. The summed E-state index contributed by atoms with van der Waals surface area (Å²) in [7, 11) is 3.69. The van der Waals surface area contributed by atoms with E-state index in [1.165, 1.54) is 51.4 Å². The van der Waals surface area contributed by atoms with E-state index in [1.54, 1.807) is 28.6 Å². The minimum absolute atomic E-state index is 0.0358. The normalized spacial score (nSPS) is 16.2. The van der Waals surface area contributed by atoms with Crippen molar-refractivity contribution in [3.63, 3.8) is 0 Å². The second-order valence-corrected chi connectivity index (χ2v) is 9.29. The molecule has 176 valence electrons. The lowest BCUT2D eigenvalue weighted by atomic mass is 10.1. The Balaban J connectivity index is 2.18. The topological polar surface area (TPSA) is 61.9 Å². The molecule has 1 aliphatic heterocycles. The number of rotatable bonds is 18. The summed E-state index contributed by atoms with van der Waals surface area (Å²) in [6, 6.07) is -0.312. The monoisotopic (exact) mass is 443 g/mol. The first kappa shape index (κ1) is 27.2. The molecule has 1 rings (SSSR count). The van der Waals surface area contributed by atoms with Crippen LogP contribution in [0.1, 0.15) is 77.6 Å². The van der Waals surface area contributed by atoms with Gasteiger partial charge in [0.25, 0.3) is 0 Å². The highest BCUT2D eigenvalue weighted by Crippen LogP contribution is 2.24.